The summed E-state index contributed by atoms with van der Waals surface area (Å²) in [5, 5.41) is 3.05. The van der Waals surface area contributed by atoms with Gasteiger partial charge in [-0.05, 0) is 32.0 Å². The third-order valence-electron chi connectivity index (χ3n) is 3.81. The number of alkyl halides is 3. The minimum Gasteiger partial charge on any atom is -0.311 e. The Balaban J connectivity index is 0.00000264. The Morgan fingerprint density at radius 2 is 1.87 bits per heavy atom. The summed E-state index contributed by atoms with van der Waals surface area (Å²) in [5.74, 6) is -1.13. The van der Waals surface area contributed by atoms with Crippen molar-refractivity contribution in [2.45, 2.75) is 37.0 Å². The SMILES string of the molecule is CC1NCCN(S(=O)(=O)c2ccc(F)cc2C(F)(F)F)C1C.Cl. The van der Waals surface area contributed by atoms with Crippen LogP contribution < -0.4 is 5.32 Å². The summed E-state index contributed by atoms with van der Waals surface area (Å²) in [5.41, 5.74) is -1.48. The van der Waals surface area contributed by atoms with Crippen molar-refractivity contribution in [1.82, 2.24) is 9.62 Å². The van der Waals surface area contributed by atoms with Crippen LogP contribution in [0.3, 0.4) is 0 Å². The predicted molar refractivity (Wildman–Crippen MR) is 79.5 cm³/mol. The maximum atomic E-state index is 13.1. The number of rotatable bonds is 2. The first-order valence-electron chi connectivity index (χ1n) is 6.67. The van der Waals surface area contributed by atoms with E-state index in [0.29, 0.717) is 12.6 Å². The average Bonchev–Trinajstić information content (AvgIpc) is 2.40. The van der Waals surface area contributed by atoms with Crippen molar-refractivity contribution in [3.05, 3.63) is 29.6 Å². The summed E-state index contributed by atoms with van der Waals surface area (Å²) in [6, 6.07) is 0.900. The lowest BCUT2D eigenvalue weighted by Gasteiger charge is -2.37. The molecule has 4 nitrogen and oxygen atoms in total. The highest BCUT2D eigenvalue weighted by atomic mass is 35.5. The Morgan fingerprint density at radius 3 is 2.43 bits per heavy atom. The van der Waals surface area contributed by atoms with Gasteiger partial charge in [0.2, 0.25) is 10.0 Å². The summed E-state index contributed by atoms with van der Waals surface area (Å²) < 4.78 is 78.5. The average molecular weight is 377 g/mol. The Morgan fingerprint density at radius 1 is 1.26 bits per heavy atom. The normalized spacial score (nSPS) is 23.4. The van der Waals surface area contributed by atoms with Crippen LogP contribution in [0.2, 0.25) is 0 Å². The molecule has 1 saturated heterocycles. The van der Waals surface area contributed by atoms with Crippen LogP contribution in [0, 0.1) is 5.82 Å². The molecule has 1 aliphatic heterocycles. The molecule has 23 heavy (non-hydrogen) atoms. The minimum atomic E-state index is -4.95. The van der Waals surface area contributed by atoms with Crippen LogP contribution in [0.15, 0.2) is 23.1 Å². The van der Waals surface area contributed by atoms with E-state index in [2.05, 4.69) is 5.32 Å². The molecule has 0 saturated carbocycles. The third-order valence-corrected chi connectivity index (χ3v) is 5.85. The van der Waals surface area contributed by atoms with Gasteiger partial charge in [0.15, 0.2) is 0 Å². The van der Waals surface area contributed by atoms with Crippen molar-refractivity contribution in [2.24, 2.45) is 0 Å². The molecule has 2 unspecified atom stereocenters. The molecule has 1 aromatic rings. The second kappa shape index (κ2) is 6.92. The molecule has 0 aliphatic carbocycles. The lowest BCUT2D eigenvalue weighted by Crippen LogP contribution is -2.57. The predicted octanol–water partition coefficient (Wildman–Crippen LogP) is 2.64. The largest absolute Gasteiger partial charge is 0.417 e. The monoisotopic (exact) mass is 376 g/mol. The maximum absolute atomic E-state index is 13.1. The van der Waals surface area contributed by atoms with Crippen molar-refractivity contribution in [2.75, 3.05) is 13.1 Å². The number of piperazine rings is 1. The zero-order valence-corrected chi connectivity index (χ0v) is 14.0. The van der Waals surface area contributed by atoms with E-state index < -0.39 is 38.5 Å². The molecular weight excluding hydrogens is 360 g/mol. The molecule has 1 fully saturated rings. The Bertz CT molecular complexity index is 666. The zero-order chi connectivity index (χ0) is 16.7. The van der Waals surface area contributed by atoms with Gasteiger partial charge in [-0.1, -0.05) is 0 Å². The van der Waals surface area contributed by atoms with E-state index in [9.17, 15) is 26.0 Å². The lowest BCUT2D eigenvalue weighted by atomic mass is 10.1. The van der Waals surface area contributed by atoms with E-state index in [1.807, 2.05) is 0 Å². The Labute approximate surface area is 138 Å². The Kier molecular flexibility index (Phi) is 6.06. The van der Waals surface area contributed by atoms with Gasteiger partial charge in [-0.15, -0.1) is 12.4 Å². The van der Waals surface area contributed by atoms with Crippen LogP contribution in [-0.2, 0) is 16.2 Å². The fourth-order valence-electron chi connectivity index (χ4n) is 2.44. The number of nitrogens with one attached hydrogen (secondary N) is 1. The van der Waals surface area contributed by atoms with E-state index in [1.54, 1.807) is 13.8 Å². The van der Waals surface area contributed by atoms with Gasteiger partial charge in [0.05, 0.1) is 10.5 Å². The van der Waals surface area contributed by atoms with Gasteiger partial charge in [0.1, 0.15) is 5.82 Å². The fraction of sp³-hybridized carbons (Fsp3) is 0.538. The second-order valence-electron chi connectivity index (χ2n) is 5.24. The molecule has 1 aliphatic rings. The third kappa shape index (κ3) is 3.96. The summed E-state index contributed by atoms with van der Waals surface area (Å²) in [7, 11) is -4.37. The van der Waals surface area contributed by atoms with Crippen LogP contribution >= 0.6 is 12.4 Å². The van der Waals surface area contributed by atoms with Gasteiger partial charge in [-0.2, -0.15) is 17.5 Å². The molecule has 10 heteroatoms. The van der Waals surface area contributed by atoms with Crippen molar-refractivity contribution >= 4 is 22.4 Å². The molecule has 0 aromatic heterocycles. The highest BCUT2D eigenvalue weighted by Crippen LogP contribution is 2.36. The molecule has 0 spiro atoms. The van der Waals surface area contributed by atoms with E-state index in [1.165, 1.54) is 0 Å². The molecule has 2 rings (SSSR count). The van der Waals surface area contributed by atoms with Crippen molar-refractivity contribution in [3.63, 3.8) is 0 Å². The highest BCUT2D eigenvalue weighted by molar-refractivity contribution is 7.89. The molecule has 1 N–H and O–H groups in total. The van der Waals surface area contributed by atoms with Crippen LogP contribution in [-0.4, -0.2) is 37.9 Å². The summed E-state index contributed by atoms with van der Waals surface area (Å²) in [6.07, 6.45) is -4.95. The number of hydrogen-bond donors (Lipinski definition) is 1. The number of nitrogens with zero attached hydrogens (tertiary/aromatic N) is 1. The quantitative estimate of drug-likeness (QED) is 0.807. The summed E-state index contributed by atoms with van der Waals surface area (Å²) in [4.78, 5) is -0.914. The van der Waals surface area contributed by atoms with Crippen LogP contribution in [0.5, 0.6) is 0 Å². The molecular formula is C13H17ClF4N2O2S. The smallest absolute Gasteiger partial charge is 0.311 e. The van der Waals surface area contributed by atoms with Crippen LogP contribution in [0.25, 0.3) is 0 Å². The molecule has 1 heterocycles. The molecule has 2 atom stereocenters. The number of sulfonamides is 1. The Hall–Kier alpha value is -0.900. The van der Waals surface area contributed by atoms with Gasteiger partial charge in [0, 0.05) is 25.2 Å². The van der Waals surface area contributed by atoms with E-state index >= 15 is 0 Å². The lowest BCUT2D eigenvalue weighted by molar-refractivity contribution is -0.140. The molecule has 0 bridgehead atoms. The van der Waals surface area contributed by atoms with Gasteiger partial charge in [0.25, 0.3) is 0 Å². The van der Waals surface area contributed by atoms with Crippen molar-refractivity contribution in [1.29, 1.82) is 0 Å². The van der Waals surface area contributed by atoms with Crippen molar-refractivity contribution < 1.29 is 26.0 Å². The first-order valence-corrected chi connectivity index (χ1v) is 8.11. The van der Waals surface area contributed by atoms with E-state index in [-0.39, 0.29) is 31.1 Å². The first kappa shape index (κ1) is 20.1. The van der Waals surface area contributed by atoms with Gasteiger partial charge in [-0.3, -0.25) is 0 Å². The first-order chi connectivity index (χ1) is 10.0. The van der Waals surface area contributed by atoms with Crippen molar-refractivity contribution in [3.8, 4) is 0 Å². The van der Waals surface area contributed by atoms with E-state index in [0.717, 1.165) is 10.4 Å². The molecule has 1 aromatic carbocycles. The number of halogens is 5. The highest BCUT2D eigenvalue weighted by Gasteiger charge is 2.42. The van der Waals surface area contributed by atoms with Gasteiger partial charge < -0.3 is 5.32 Å². The van der Waals surface area contributed by atoms with Gasteiger partial charge >= 0.3 is 6.18 Å². The van der Waals surface area contributed by atoms with Crippen LogP contribution in [0.4, 0.5) is 17.6 Å². The fourth-order valence-corrected chi connectivity index (χ4v) is 4.34. The van der Waals surface area contributed by atoms with Gasteiger partial charge in [-0.25, -0.2) is 12.8 Å². The zero-order valence-electron chi connectivity index (χ0n) is 12.4. The topological polar surface area (TPSA) is 49.4 Å². The van der Waals surface area contributed by atoms with E-state index in [4.69, 9.17) is 0 Å². The number of benzene rings is 1. The maximum Gasteiger partial charge on any atom is 0.417 e. The molecule has 132 valence electrons. The molecule has 0 amide bonds. The summed E-state index contributed by atoms with van der Waals surface area (Å²) >= 11 is 0. The minimum absolute atomic E-state index is 0. The standard InChI is InChI=1S/C13H16F4N2O2S.ClH/c1-8-9(2)19(6-5-18-8)22(20,21)12-4-3-10(14)7-11(12)13(15,16)17;/h3-4,7-9,18H,5-6H2,1-2H3;1H. The van der Waals surface area contributed by atoms with Crippen LogP contribution in [0.1, 0.15) is 19.4 Å². The molecule has 0 radical (unpaired) electrons. The second-order valence-corrected chi connectivity index (χ2v) is 7.10. The number of hydrogen-bond acceptors (Lipinski definition) is 3. The summed E-state index contributed by atoms with van der Waals surface area (Å²) in [6.45, 7) is 3.77.